The van der Waals surface area contributed by atoms with Crippen LogP contribution in [-0.2, 0) is 32.1 Å². The molecular formula is C16H25NO5S. The van der Waals surface area contributed by atoms with Gasteiger partial charge in [0, 0.05) is 6.54 Å². The van der Waals surface area contributed by atoms with Crippen LogP contribution in [0.2, 0.25) is 0 Å². The smallest absolute Gasteiger partial charge is 0.407 e. The monoisotopic (exact) mass is 343 g/mol. The van der Waals surface area contributed by atoms with Crippen LogP contribution in [0.3, 0.4) is 0 Å². The zero-order valence-electron chi connectivity index (χ0n) is 14.1. The standard InChI is InChI=1S/C16H25NO5S/c1-16(2,3)22-15(18)17-11-7-10-13-8-5-6-9-14(13)12-21-23(4,19)20/h5-6,8-9H,7,10-12H2,1-4H3,(H,17,18). The molecule has 130 valence electrons. The maximum atomic E-state index is 11.5. The quantitative estimate of drug-likeness (QED) is 0.608. The Kier molecular flexibility index (Phi) is 7.02. The molecule has 0 aromatic heterocycles. The molecule has 1 aromatic carbocycles. The number of aryl methyl sites for hydroxylation is 1. The van der Waals surface area contributed by atoms with Gasteiger partial charge in [-0.2, -0.15) is 8.42 Å². The van der Waals surface area contributed by atoms with Gasteiger partial charge < -0.3 is 10.1 Å². The number of hydrogen-bond donors (Lipinski definition) is 1. The first-order valence-electron chi connectivity index (χ1n) is 7.45. The van der Waals surface area contributed by atoms with Gasteiger partial charge in [0.2, 0.25) is 0 Å². The minimum absolute atomic E-state index is 0.0223. The van der Waals surface area contributed by atoms with Crippen molar-refractivity contribution in [1.82, 2.24) is 5.32 Å². The highest BCUT2D eigenvalue weighted by molar-refractivity contribution is 7.85. The normalized spacial score (nSPS) is 12.0. The molecule has 0 radical (unpaired) electrons. The Labute approximate surface area is 138 Å². The van der Waals surface area contributed by atoms with Gasteiger partial charge in [0.15, 0.2) is 0 Å². The first kappa shape index (κ1) is 19.4. The second kappa shape index (κ2) is 8.31. The molecule has 0 aliphatic rings. The zero-order valence-corrected chi connectivity index (χ0v) is 14.9. The van der Waals surface area contributed by atoms with Crippen molar-refractivity contribution in [1.29, 1.82) is 0 Å². The Morgan fingerprint density at radius 3 is 2.35 bits per heavy atom. The second-order valence-corrected chi connectivity index (χ2v) is 7.91. The van der Waals surface area contributed by atoms with E-state index in [9.17, 15) is 13.2 Å². The molecule has 0 spiro atoms. The highest BCUT2D eigenvalue weighted by Gasteiger charge is 2.15. The molecule has 0 heterocycles. The van der Waals surface area contributed by atoms with E-state index in [2.05, 4.69) is 5.32 Å². The third kappa shape index (κ3) is 9.20. The maximum Gasteiger partial charge on any atom is 0.407 e. The molecule has 0 unspecified atom stereocenters. The van der Waals surface area contributed by atoms with Crippen molar-refractivity contribution < 1.29 is 22.1 Å². The fourth-order valence-corrected chi connectivity index (χ4v) is 2.24. The van der Waals surface area contributed by atoms with Gasteiger partial charge in [-0.1, -0.05) is 24.3 Å². The van der Waals surface area contributed by atoms with Crippen LogP contribution in [0.15, 0.2) is 24.3 Å². The molecular weight excluding hydrogens is 318 g/mol. The summed E-state index contributed by atoms with van der Waals surface area (Å²) in [7, 11) is -3.47. The molecule has 0 aliphatic heterocycles. The third-order valence-electron chi connectivity index (χ3n) is 2.84. The van der Waals surface area contributed by atoms with Crippen molar-refractivity contribution in [2.75, 3.05) is 12.8 Å². The molecule has 1 N–H and O–H groups in total. The van der Waals surface area contributed by atoms with Crippen molar-refractivity contribution in [3.8, 4) is 0 Å². The van der Waals surface area contributed by atoms with Gasteiger partial charge in [-0.15, -0.1) is 0 Å². The van der Waals surface area contributed by atoms with E-state index in [0.29, 0.717) is 13.0 Å². The molecule has 7 heteroatoms. The number of ether oxygens (including phenoxy) is 1. The van der Waals surface area contributed by atoms with E-state index in [1.165, 1.54) is 0 Å². The van der Waals surface area contributed by atoms with E-state index in [1.807, 2.05) is 45.0 Å². The Morgan fingerprint density at radius 2 is 1.78 bits per heavy atom. The van der Waals surface area contributed by atoms with E-state index in [4.69, 9.17) is 8.92 Å². The number of carbonyl (C=O) groups excluding carboxylic acids is 1. The summed E-state index contributed by atoms with van der Waals surface area (Å²) in [6.45, 7) is 5.94. The predicted octanol–water partition coefficient (Wildman–Crippen LogP) is 2.62. The highest BCUT2D eigenvalue weighted by Crippen LogP contribution is 2.13. The van der Waals surface area contributed by atoms with Crippen LogP contribution in [0.1, 0.15) is 38.3 Å². The molecule has 0 saturated carbocycles. The molecule has 0 atom stereocenters. The maximum absolute atomic E-state index is 11.5. The number of nitrogens with one attached hydrogen (secondary N) is 1. The first-order chi connectivity index (χ1) is 10.6. The number of hydrogen-bond acceptors (Lipinski definition) is 5. The minimum atomic E-state index is -3.47. The average Bonchev–Trinajstić information content (AvgIpc) is 2.39. The van der Waals surface area contributed by atoms with E-state index < -0.39 is 21.8 Å². The Hall–Kier alpha value is -1.60. The molecule has 1 aromatic rings. The van der Waals surface area contributed by atoms with Crippen molar-refractivity contribution in [2.24, 2.45) is 0 Å². The number of alkyl carbamates (subject to hydrolysis) is 1. The Balaban J connectivity index is 2.45. The number of benzene rings is 1. The molecule has 6 nitrogen and oxygen atoms in total. The summed E-state index contributed by atoms with van der Waals surface area (Å²) in [5, 5.41) is 2.70. The number of amides is 1. The van der Waals surface area contributed by atoms with Gasteiger partial charge in [0.05, 0.1) is 12.9 Å². The van der Waals surface area contributed by atoms with Gasteiger partial charge in [-0.25, -0.2) is 4.79 Å². The fraction of sp³-hybridized carbons (Fsp3) is 0.562. The lowest BCUT2D eigenvalue weighted by Gasteiger charge is -2.19. The molecule has 0 bridgehead atoms. The van der Waals surface area contributed by atoms with Gasteiger partial charge in [-0.3, -0.25) is 4.18 Å². The zero-order chi connectivity index (χ0) is 17.5. The number of carbonyl (C=O) groups is 1. The molecule has 1 rings (SSSR count). The highest BCUT2D eigenvalue weighted by atomic mass is 32.2. The van der Waals surface area contributed by atoms with Gasteiger partial charge in [0.1, 0.15) is 5.60 Å². The summed E-state index contributed by atoms with van der Waals surface area (Å²) >= 11 is 0. The average molecular weight is 343 g/mol. The van der Waals surface area contributed by atoms with E-state index in [1.54, 1.807) is 0 Å². The third-order valence-corrected chi connectivity index (χ3v) is 3.38. The van der Waals surface area contributed by atoms with Gasteiger partial charge in [-0.05, 0) is 44.7 Å². The summed E-state index contributed by atoms with van der Waals surface area (Å²) in [5.74, 6) is 0. The SMILES string of the molecule is CC(C)(C)OC(=O)NCCCc1ccccc1COS(C)(=O)=O. The topological polar surface area (TPSA) is 81.7 Å². The molecule has 1 amide bonds. The van der Waals surface area contributed by atoms with Crippen LogP contribution in [0, 0.1) is 0 Å². The summed E-state index contributed by atoms with van der Waals surface area (Å²) in [6.07, 6.45) is 2.01. The minimum Gasteiger partial charge on any atom is -0.444 e. The lowest BCUT2D eigenvalue weighted by molar-refractivity contribution is 0.0527. The van der Waals surface area contributed by atoms with E-state index >= 15 is 0 Å². The van der Waals surface area contributed by atoms with Crippen molar-refractivity contribution >= 4 is 16.2 Å². The van der Waals surface area contributed by atoms with Crippen LogP contribution in [0.25, 0.3) is 0 Å². The van der Waals surface area contributed by atoms with Gasteiger partial charge >= 0.3 is 6.09 Å². The molecule has 23 heavy (non-hydrogen) atoms. The fourth-order valence-electron chi connectivity index (χ4n) is 1.90. The largest absolute Gasteiger partial charge is 0.444 e. The van der Waals surface area contributed by atoms with Crippen LogP contribution >= 0.6 is 0 Å². The van der Waals surface area contributed by atoms with Crippen molar-refractivity contribution in [2.45, 2.75) is 45.8 Å². The summed E-state index contributed by atoms with van der Waals surface area (Å²) in [4.78, 5) is 11.5. The lowest BCUT2D eigenvalue weighted by atomic mass is 10.0. The lowest BCUT2D eigenvalue weighted by Crippen LogP contribution is -2.33. The van der Waals surface area contributed by atoms with E-state index in [-0.39, 0.29) is 6.61 Å². The van der Waals surface area contributed by atoms with Crippen LogP contribution < -0.4 is 5.32 Å². The van der Waals surface area contributed by atoms with E-state index in [0.717, 1.165) is 23.8 Å². The van der Waals surface area contributed by atoms with Crippen LogP contribution in [-0.4, -0.2) is 32.9 Å². The summed E-state index contributed by atoms with van der Waals surface area (Å²) in [5.41, 5.74) is 1.32. The Bertz CT molecular complexity index is 620. The summed E-state index contributed by atoms with van der Waals surface area (Å²) < 4.78 is 32.2. The van der Waals surface area contributed by atoms with Crippen LogP contribution in [0.5, 0.6) is 0 Å². The van der Waals surface area contributed by atoms with Crippen LogP contribution in [0.4, 0.5) is 4.79 Å². The second-order valence-electron chi connectivity index (χ2n) is 6.27. The predicted molar refractivity (Wildman–Crippen MR) is 88.6 cm³/mol. The van der Waals surface area contributed by atoms with Crippen molar-refractivity contribution in [3.05, 3.63) is 35.4 Å². The first-order valence-corrected chi connectivity index (χ1v) is 9.26. The summed E-state index contributed by atoms with van der Waals surface area (Å²) in [6, 6.07) is 7.49. The Morgan fingerprint density at radius 1 is 1.17 bits per heavy atom. The molecule has 0 saturated heterocycles. The van der Waals surface area contributed by atoms with Gasteiger partial charge in [0.25, 0.3) is 10.1 Å². The molecule has 0 aliphatic carbocycles. The van der Waals surface area contributed by atoms with Crippen molar-refractivity contribution in [3.63, 3.8) is 0 Å². The molecule has 0 fully saturated rings. The number of rotatable bonds is 7.